The van der Waals surface area contributed by atoms with Crippen LogP contribution < -0.4 is 5.32 Å². The van der Waals surface area contributed by atoms with Crippen molar-refractivity contribution in [2.45, 2.75) is 52.4 Å². The summed E-state index contributed by atoms with van der Waals surface area (Å²) in [5, 5.41) is 3.04. The molecular formula is C15H27NO3S. The highest BCUT2D eigenvalue weighted by atomic mass is 32.2. The second kappa shape index (κ2) is 6.04. The van der Waals surface area contributed by atoms with Crippen LogP contribution in [0, 0.1) is 17.3 Å². The Kier molecular flexibility index (Phi) is 4.77. The fourth-order valence-electron chi connectivity index (χ4n) is 3.19. The molecule has 2 fully saturated rings. The molecule has 2 rings (SSSR count). The van der Waals surface area contributed by atoms with Crippen LogP contribution in [0.25, 0.3) is 0 Å². The second-order valence-electron chi connectivity index (χ2n) is 7.28. The summed E-state index contributed by atoms with van der Waals surface area (Å²) in [4.78, 5) is 12.1. The maximum Gasteiger partial charge on any atom is 0.223 e. The zero-order valence-corrected chi connectivity index (χ0v) is 13.5. The highest BCUT2D eigenvalue weighted by Gasteiger charge is 2.31. The van der Waals surface area contributed by atoms with E-state index in [9.17, 15) is 13.2 Å². The molecule has 0 radical (unpaired) electrons. The topological polar surface area (TPSA) is 63.2 Å². The van der Waals surface area contributed by atoms with Gasteiger partial charge >= 0.3 is 0 Å². The van der Waals surface area contributed by atoms with Crippen LogP contribution >= 0.6 is 0 Å². The Morgan fingerprint density at radius 3 is 2.20 bits per heavy atom. The summed E-state index contributed by atoms with van der Waals surface area (Å²) in [6, 6.07) is 0. The molecule has 20 heavy (non-hydrogen) atoms. The van der Waals surface area contributed by atoms with Crippen molar-refractivity contribution in [3.63, 3.8) is 0 Å². The predicted octanol–water partition coefficient (Wildman–Crippen LogP) is 2.14. The SMILES string of the molecule is CC1(C)CCC(C(=O)NCC2CCS(=O)(=O)CC2)CC1. The third kappa shape index (κ3) is 4.47. The molecule has 1 heterocycles. The van der Waals surface area contributed by atoms with Crippen molar-refractivity contribution in [1.29, 1.82) is 0 Å². The van der Waals surface area contributed by atoms with Crippen molar-refractivity contribution < 1.29 is 13.2 Å². The summed E-state index contributed by atoms with van der Waals surface area (Å²) >= 11 is 0. The highest BCUT2D eigenvalue weighted by molar-refractivity contribution is 7.91. The first kappa shape index (κ1) is 15.8. The van der Waals surface area contributed by atoms with Gasteiger partial charge in [-0.25, -0.2) is 8.42 Å². The van der Waals surface area contributed by atoms with E-state index in [4.69, 9.17) is 0 Å². The van der Waals surface area contributed by atoms with Gasteiger partial charge in [0.2, 0.25) is 5.91 Å². The number of hydrogen-bond donors (Lipinski definition) is 1. The Labute approximate surface area is 122 Å². The van der Waals surface area contributed by atoms with E-state index in [1.54, 1.807) is 0 Å². The van der Waals surface area contributed by atoms with E-state index in [0.29, 0.717) is 30.7 Å². The lowest BCUT2D eigenvalue weighted by molar-refractivity contribution is -0.126. The van der Waals surface area contributed by atoms with Gasteiger partial charge in [-0.15, -0.1) is 0 Å². The lowest BCUT2D eigenvalue weighted by Crippen LogP contribution is -2.39. The minimum absolute atomic E-state index is 0.162. The molecule has 0 bridgehead atoms. The first-order chi connectivity index (χ1) is 9.27. The normalized spacial score (nSPS) is 27.1. The molecular weight excluding hydrogens is 274 g/mol. The minimum atomic E-state index is -2.80. The van der Waals surface area contributed by atoms with E-state index in [1.165, 1.54) is 0 Å². The molecule has 1 aliphatic carbocycles. The monoisotopic (exact) mass is 301 g/mol. The molecule has 0 aromatic rings. The average Bonchev–Trinajstić information content (AvgIpc) is 2.37. The van der Waals surface area contributed by atoms with E-state index in [1.807, 2.05) is 0 Å². The third-order valence-electron chi connectivity index (χ3n) is 4.95. The molecule has 5 heteroatoms. The summed E-state index contributed by atoms with van der Waals surface area (Å²) in [6.07, 6.45) is 5.59. The first-order valence-corrected chi connectivity index (χ1v) is 9.58. The standard InChI is InChI=1S/C15H27NO3S/c1-15(2)7-3-13(4-8-15)14(17)16-11-12-5-9-20(18,19)10-6-12/h12-13H,3-11H2,1-2H3,(H,16,17). The Bertz CT molecular complexity index is 432. The van der Waals surface area contributed by atoms with E-state index >= 15 is 0 Å². The van der Waals surface area contributed by atoms with E-state index in [-0.39, 0.29) is 23.3 Å². The zero-order chi connectivity index (χ0) is 14.8. The van der Waals surface area contributed by atoms with Crippen LogP contribution in [-0.2, 0) is 14.6 Å². The lowest BCUT2D eigenvalue weighted by Gasteiger charge is -2.33. The fraction of sp³-hybridized carbons (Fsp3) is 0.933. The molecule has 1 amide bonds. The Morgan fingerprint density at radius 1 is 1.10 bits per heavy atom. The van der Waals surface area contributed by atoms with Gasteiger partial charge in [0.1, 0.15) is 9.84 Å². The molecule has 0 aromatic heterocycles. The van der Waals surface area contributed by atoms with Gasteiger partial charge < -0.3 is 5.32 Å². The summed E-state index contributed by atoms with van der Waals surface area (Å²) < 4.78 is 22.7. The van der Waals surface area contributed by atoms with Gasteiger partial charge in [-0.2, -0.15) is 0 Å². The molecule has 0 atom stereocenters. The van der Waals surface area contributed by atoms with Crippen LogP contribution in [0.3, 0.4) is 0 Å². The maximum absolute atomic E-state index is 12.1. The number of carbonyl (C=O) groups excluding carboxylic acids is 1. The van der Waals surface area contributed by atoms with Gasteiger partial charge in [0, 0.05) is 12.5 Å². The number of carbonyl (C=O) groups is 1. The molecule has 116 valence electrons. The Morgan fingerprint density at radius 2 is 1.65 bits per heavy atom. The quantitative estimate of drug-likeness (QED) is 0.868. The van der Waals surface area contributed by atoms with E-state index in [0.717, 1.165) is 25.7 Å². The molecule has 2 aliphatic rings. The molecule has 1 saturated heterocycles. The van der Waals surface area contributed by atoms with Gasteiger partial charge in [-0.05, 0) is 49.9 Å². The van der Waals surface area contributed by atoms with Gasteiger partial charge in [0.25, 0.3) is 0 Å². The summed E-state index contributed by atoms with van der Waals surface area (Å²) in [5.74, 6) is 1.24. The van der Waals surface area contributed by atoms with Gasteiger partial charge in [0.15, 0.2) is 0 Å². The van der Waals surface area contributed by atoms with E-state index < -0.39 is 9.84 Å². The number of rotatable bonds is 3. The summed E-state index contributed by atoms with van der Waals surface area (Å²) in [6.45, 7) is 5.18. The van der Waals surface area contributed by atoms with Gasteiger partial charge in [-0.1, -0.05) is 13.8 Å². The lowest BCUT2D eigenvalue weighted by atomic mass is 9.73. The average molecular weight is 301 g/mol. The highest BCUT2D eigenvalue weighted by Crippen LogP contribution is 2.38. The van der Waals surface area contributed by atoms with Crippen LogP contribution in [0.5, 0.6) is 0 Å². The molecule has 0 unspecified atom stereocenters. The Balaban J connectivity index is 1.71. The summed E-state index contributed by atoms with van der Waals surface area (Å²) in [5.41, 5.74) is 0.383. The van der Waals surface area contributed by atoms with Gasteiger partial charge in [-0.3, -0.25) is 4.79 Å². The summed E-state index contributed by atoms with van der Waals surface area (Å²) in [7, 11) is -2.80. The molecule has 1 N–H and O–H groups in total. The van der Waals surface area contributed by atoms with Crippen molar-refractivity contribution in [3.05, 3.63) is 0 Å². The Hall–Kier alpha value is -0.580. The number of nitrogens with one attached hydrogen (secondary N) is 1. The number of amides is 1. The third-order valence-corrected chi connectivity index (χ3v) is 6.66. The van der Waals surface area contributed by atoms with Crippen molar-refractivity contribution >= 4 is 15.7 Å². The largest absolute Gasteiger partial charge is 0.356 e. The van der Waals surface area contributed by atoms with Crippen LogP contribution in [0.1, 0.15) is 52.4 Å². The van der Waals surface area contributed by atoms with Crippen molar-refractivity contribution in [3.8, 4) is 0 Å². The van der Waals surface area contributed by atoms with Crippen LogP contribution in [-0.4, -0.2) is 32.4 Å². The predicted molar refractivity (Wildman–Crippen MR) is 80.1 cm³/mol. The second-order valence-corrected chi connectivity index (χ2v) is 9.58. The first-order valence-electron chi connectivity index (χ1n) is 7.76. The van der Waals surface area contributed by atoms with Crippen LogP contribution in [0.15, 0.2) is 0 Å². The van der Waals surface area contributed by atoms with Crippen LogP contribution in [0.4, 0.5) is 0 Å². The smallest absolute Gasteiger partial charge is 0.223 e. The van der Waals surface area contributed by atoms with Crippen molar-refractivity contribution in [2.24, 2.45) is 17.3 Å². The molecule has 0 aromatic carbocycles. The van der Waals surface area contributed by atoms with E-state index in [2.05, 4.69) is 19.2 Å². The zero-order valence-electron chi connectivity index (χ0n) is 12.7. The fourth-order valence-corrected chi connectivity index (χ4v) is 4.78. The van der Waals surface area contributed by atoms with Crippen LogP contribution in [0.2, 0.25) is 0 Å². The molecule has 4 nitrogen and oxygen atoms in total. The van der Waals surface area contributed by atoms with Gasteiger partial charge in [0.05, 0.1) is 11.5 Å². The number of sulfone groups is 1. The minimum Gasteiger partial charge on any atom is -0.356 e. The number of hydrogen-bond acceptors (Lipinski definition) is 3. The molecule has 0 spiro atoms. The van der Waals surface area contributed by atoms with Crippen molar-refractivity contribution in [1.82, 2.24) is 5.32 Å². The molecule has 1 aliphatic heterocycles. The van der Waals surface area contributed by atoms with Crippen molar-refractivity contribution in [2.75, 3.05) is 18.1 Å². The molecule has 1 saturated carbocycles. The maximum atomic E-state index is 12.1.